The molecule has 1 amide bonds. The van der Waals surface area contributed by atoms with Crippen LogP contribution in [0.25, 0.3) is 21.8 Å². The number of nitrogens with zero attached hydrogens (tertiary/aromatic N) is 3. The lowest BCUT2D eigenvalue weighted by molar-refractivity contribution is -0.121. The van der Waals surface area contributed by atoms with Crippen LogP contribution in [0.3, 0.4) is 0 Å². The summed E-state index contributed by atoms with van der Waals surface area (Å²) in [5.74, 6) is 0.0162. The number of amides is 1. The Hall–Kier alpha value is -3.32. The molecule has 28 heavy (non-hydrogen) atoms. The largest absolute Gasteiger partial charge is 0.338 e. The van der Waals surface area contributed by atoms with Gasteiger partial charge in [0.15, 0.2) is 0 Å². The molecule has 2 N–H and O–H groups in total. The van der Waals surface area contributed by atoms with Crippen molar-refractivity contribution >= 4 is 45.3 Å². The number of aromatic nitrogens is 3. The van der Waals surface area contributed by atoms with Gasteiger partial charge in [-0.15, -0.1) is 0 Å². The molecule has 4 aromatic rings. The fraction of sp³-hybridized carbons (Fsp3) is 0.150. The summed E-state index contributed by atoms with van der Waals surface area (Å²) in [6, 6.07) is 14.6. The van der Waals surface area contributed by atoms with Gasteiger partial charge in [0.2, 0.25) is 5.95 Å². The minimum absolute atomic E-state index is 0.0980. The first-order valence-electron chi connectivity index (χ1n) is 8.85. The van der Waals surface area contributed by atoms with Crippen LogP contribution in [-0.4, -0.2) is 20.0 Å². The summed E-state index contributed by atoms with van der Waals surface area (Å²) < 4.78 is 3.28. The zero-order valence-corrected chi connectivity index (χ0v) is 15.9. The molecule has 2 heterocycles. The van der Waals surface area contributed by atoms with Crippen molar-refractivity contribution in [3.05, 3.63) is 70.1 Å². The summed E-state index contributed by atoms with van der Waals surface area (Å²) >= 11 is 6.05. The van der Waals surface area contributed by atoms with Gasteiger partial charge in [0, 0.05) is 23.3 Å². The van der Waals surface area contributed by atoms with E-state index in [0.29, 0.717) is 28.4 Å². The molecular weight excluding hydrogens is 378 g/mol. The third-order valence-corrected chi connectivity index (χ3v) is 4.78. The molecule has 0 bridgehead atoms. The molecule has 142 valence electrons. The first-order valence-corrected chi connectivity index (χ1v) is 9.23. The second-order valence-electron chi connectivity index (χ2n) is 6.32. The lowest BCUT2D eigenvalue weighted by Crippen LogP contribution is -2.36. The predicted octanol–water partition coefficient (Wildman–Crippen LogP) is 3.17. The van der Waals surface area contributed by atoms with E-state index in [1.54, 1.807) is 22.8 Å². The van der Waals surface area contributed by atoms with Gasteiger partial charge in [-0.25, -0.2) is 4.98 Å². The van der Waals surface area contributed by atoms with E-state index in [1.807, 2.05) is 43.5 Å². The summed E-state index contributed by atoms with van der Waals surface area (Å²) in [5, 5.41) is 2.15. The van der Waals surface area contributed by atoms with E-state index < -0.39 is 0 Å². The Kier molecular flexibility index (Phi) is 4.75. The van der Waals surface area contributed by atoms with E-state index in [-0.39, 0.29) is 18.0 Å². The predicted molar refractivity (Wildman–Crippen MR) is 110 cm³/mol. The maximum absolute atomic E-state index is 12.6. The summed E-state index contributed by atoms with van der Waals surface area (Å²) in [4.78, 5) is 29.5. The zero-order valence-electron chi connectivity index (χ0n) is 15.1. The molecule has 4 rings (SSSR count). The van der Waals surface area contributed by atoms with E-state index in [2.05, 4.69) is 15.8 Å². The Morgan fingerprint density at radius 1 is 1.18 bits per heavy atom. The highest BCUT2D eigenvalue weighted by molar-refractivity contribution is 6.31. The van der Waals surface area contributed by atoms with Gasteiger partial charge in [-0.3, -0.25) is 25.0 Å². The number of hydrogen-bond donors (Lipinski definition) is 2. The number of hydrazine groups is 1. The minimum atomic E-state index is -0.275. The van der Waals surface area contributed by atoms with Gasteiger partial charge in [0.1, 0.15) is 6.54 Å². The van der Waals surface area contributed by atoms with Gasteiger partial charge in [-0.1, -0.05) is 29.8 Å². The van der Waals surface area contributed by atoms with Crippen LogP contribution in [0.5, 0.6) is 0 Å². The number of anilines is 1. The number of fused-ring (bicyclic) bond motifs is 2. The normalized spacial score (nSPS) is 11.1. The van der Waals surface area contributed by atoms with Crippen molar-refractivity contribution in [2.45, 2.75) is 20.0 Å². The van der Waals surface area contributed by atoms with Crippen LogP contribution in [-0.2, 0) is 17.9 Å². The van der Waals surface area contributed by atoms with E-state index in [1.165, 1.54) is 4.57 Å². The maximum Gasteiger partial charge on any atom is 0.262 e. The molecule has 0 saturated carbocycles. The van der Waals surface area contributed by atoms with Crippen LogP contribution < -0.4 is 16.4 Å². The average Bonchev–Trinajstić information content (AvgIpc) is 3.08. The summed E-state index contributed by atoms with van der Waals surface area (Å²) in [6.45, 7) is 2.37. The Balaban J connectivity index is 1.55. The Morgan fingerprint density at radius 3 is 2.82 bits per heavy atom. The van der Waals surface area contributed by atoms with Crippen molar-refractivity contribution in [1.82, 2.24) is 19.5 Å². The van der Waals surface area contributed by atoms with Gasteiger partial charge >= 0.3 is 0 Å². The van der Waals surface area contributed by atoms with Crippen LogP contribution >= 0.6 is 11.6 Å². The molecule has 0 aliphatic heterocycles. The molecule has 8 heteroatoms. The summed E-state index contributed by atoms with van der Waals surface area (Å²) in [7, 11) is 0. The highest BCUT2D eigenvalue weighted by Gasteiger charge is 2.11. The molecule has 0 unspecified atom stereocenters. The number of benzene rings is 2. The zero-order chi connectivity index (χ0) is 19.7. The number of rotatable bonds is 5. The SMILES string of the molecule is CCn1c(NNC(=O)Cn2ccc3ccc(Cl)cc32)nc2ccccc2c1=O. The molecule has 0 fully saturated rings. The molecule has 0 saturated heterocycles. The number of carbonyl (C=O) groups is 1. The van der Waals surface area contributed by atoms with Gasteiger partial charge < -0.3 is 4.57 Å². The summed E-state index contributed by atoms with van der Waals surface area (Å²) in [6.07, 6.45) is 1.83. The van der Waals surface area contributed by atoms with Crippen molar-refractivity contribution in [3.63, 3.8) is 0 Å². The number of hydrogen-bond acceptors (Lipinski definition) is 4. The fourth-order valence-corrected chi connectivity index (χ4v) is 3.34. The van der Waals surface area contributed by atoms with E-state index in [4.69, 9.17) is 11.6 Å². The lowest BCUT2D eigenvalue weighted by Gasteiger charge is -2.14. The molecule has 0 aliphatic carbocycles. The third-order valence-electron chi connectivity index (χ3n) is 4.54. The van der Waals surface area contributed by atoms with Gasteiger partial charge in [-0.2, -0.15) is 0 Å². The van der Waals surface area contributed by atoms with Crippen molar-refractivity contribution in [2.24, 2.45) is 0 Å². The van der Waals surface area contributed by atoms with Crippen LogP contribution in [0.2, 0.25) is 5.02 Å². The Morgan fingerprint density at radius 2 is 2.00 bits per heavy atom. The molecule has 2 aromatic heterocycles. The molecule has 0 atom stereocenters. The van der Waals surface area contributed by atoms with Gasteiger partial charge in [0.05, 0.1) is 10.9 Å². The average molecular weight is 396 g/mol. The summed E-state index contributed by atoms with van der Waals surface area (Å²) in [5.41, 5.74) is 6.68. The molecule has 7 nitrogen and oxygen atoms in total. The van der Waals surface area contributed by atoms with E-state index in [0.717, 1.165) is 10.9 Å². The lowest BCUT2D eigenvalue weighted by atomic mass is 10.2. The topological polar surface area (TPSA) is 81.0 Å². The van der Waals surface area contributed by atoms with Crippen LogP contribution in [0.1, 0.15) is 6.92 Å². The molecule has 0 aliphatic rings. The number of para-hydroxylation sites is 1. The Bertz CT molecular complexity index is 1240. The number of nitrogens with one attached hydrogen (secondary N) is 2. The Labute approximate surface area is 165 Å². The second-order valence-corrected chi connectivity index (χ2v) is 6.76. The first kappa shape index (κ1) is 18.1. The number of halogens is 1. The third kappa shape index (κ3) is 3.32. The van der Waals surface area contributed by atoms with Crippen LogP contribution in [0, 0.1) is 0 Å². The van der Waals surface area contributed by atoms with Crippen molar-refractivity contribution < 1.29 is 4.79 Å². The molecule has 2 aromatic carbocycles. The van der Waals surface area contributed by atoms with Gasteiger partial charge in [-0.05, 0) is 42.6 Å². The molecular formula is C20H18ClN5O2. The van der Waals surface area contributed by atoms with Crippen molar-refractivity contribution in [1.29, 1.82) is 0 Å². The van der Waals surface area contributed by atoms with Crippen molar-refractivity contribution in [3.8, 4) is 0 Å². The molecule has 0 radical (unpaired) electrons. The standard InChI is InChI=1S/C20H18ClN5O2/c1-2-26-19(28)15-5-3-4-6-16(15)22-20(26)24-23-18(27)12-25-10-9-13-7-8-14(21)11-17(13)25/h3-11H,2,12H2,1H3,(H,22,24)(H,23,27). The molecule has 0 spiro atoms. The fourth-order valence-electron chi connectivity index (χ4n) is 3.17. The smallest absolute Gasteiger partial charge is 0.262 e. The van der Waals surface area contributed by atoms with E-state index >= 15 is 0 Å². The minimum Gasteiger partial charge on any atom is -0.338 e. The highest BCUT2D eigenvalue weighted by Crippen LogP contribution is 2.20. The highest BCUT2D eigenvalue weighted by atomic mass is 35.5. The van der Waals surface area contributed by atoms with Crippen molar-refractivity contribution in [2.75, 3.05) is 5.43 Å². The van der Waals surface area contributed by atoms with Crippen LogP contribution in [0.4, 0.5) is 5.95 Å². The first-order chi connectivity index (χ1) is 13.6. The quantitative estimate of drug-likeness (QED) is 0.508. The number of carbonyl (C=O) groups excluding carboxylic acids is 1. The maximum atomic E-state index is 12.6. The second kappa shape index (κ2) is 7.36. The monoisotopic (exact) mass is 395 g/mol. The van der Waals surface area contributed by atoms with E-state index in [9.17, 15) is 9.59 Å². The van der Waals surface area contributed by atoms with Gasteiger partial charge in [0.25, 0.3) is 11.5 Å². The van der Waals surface area contributed by atoms with Crippen LogP contribution in [0.15, 0.2) is 59.5 Å².